The molecule has 1 atom stereocenters. The number of ether oxygens (including phenoxy) is 1. The minimum absolute atomic E-state index is 0.106. The predicted molar refractivity (Wildman–Crippen MR) is 154 cm³/mol. The van der Waals surface area contributed by atoms with Crippen LogP contribution in [-0.2, 0) is 16.4 Å². The Bertz CT molecular complexity index is 1750. The van der Waals surface area contributed by atoms with E-state index in [2.05, 4.69) is 20.0 Å². The molecule has 3 N–H and O–H groups in total. The van der Waals surface area contributed by atoms with Gasteiger partial charge in [-0.05, 0) is 80.0 Å². The van der Waals surface area contributed by atoms with E-state index in [1.54, 1.807) is 0 Å². The van der Waals surface area contributed by atoms with Gasteiger partial charge in [-0.1, -0.05) is 11.6 Å². The molecule has 1 unspecified atom stereocenters. The van der Waals surface area contributed by atoms with Crippen LogP contribution in [-0.4, -0.2) is 62.7 Å². The van der Waals surface area contributed by atoms with Crippen LogP contribution in [0.25, 0.3) is 22.0 Å². The Morgan fingerprint density at radius 3 is 2.71 bits per heavy atom. The third-order valence-electron chi connectivity index (χ3n) is 6.86. The molecule has 0 bridgehead atoms. The Labute approximate surface area is 241 Å². The number of aliphatic hydroxyl groups is 1. The number of hydrogen-bond acceptors (Lipinski definition) is 8. The zero-order valence-electron chi connectivity index (χ0n) is 22.5. The lowest BCUT2D eigenvalue weighted by Crippen LogP contribution is -2.21. The summed E-state index contributed by atoms with van der Waals surface area (Å²) in [5.74, 6) is -1.38. The van der Waals surface area contributed by atoms with Crippen molar-refractivity contribution in [3.63, 3.8) is 0 Å². The molecule has 13 heteroatoms. The quantitative estimate of drug-likeness (QED) is 0.245. The molecule has 4 aromatic rings. The molecule has 0 aliphatic heterocycles. The number of aliphatic hydroxyl groups excluding tert-OH is 1. The number of hydrogen-bond donors (Lipinski definition) is 3. The van der Waals surface area contributed by atoms with Crippen molar-refractivity contribution in [3.05, 3.63) is 70.4 Å². The van der Waals surface area contributed by atoms with Crippen LogP contribution in [0.4, 0.5) is 20.4 Å². The SMILES string of the molecule is COc1cc(-c2c(F)ccc(NS(=O)(=O)c3cc(Cl)cc4c3CCC4O)c2F)cc2cnc(NCCN(C)C)nc12. The zero-order valence-corrected chi connectivity index (χ0v) is 24.1. The second kappa shape index (κ2) is 11.4. The largest absolute Gasteiger partial charge is 0.494 e. The highest BCUT2D eigenvalue weighted by Crippen LogP contribution is 2.40. The number of benzene rings is 3. The molecule has 0 radical (unpaired) electrons. The molecule has 0 saturated carbocycles. The summed E-state index contributed by atoms with van der Waals surface area (Å²) in [6, 6.07) is 7.70. The monoisotopic (exact) mass is 603 g/mol. The highest BCUT2D eigenvalue weighted by atomic mass is 35.5. The number of nitrogens with zero attached hydrogens (tertiary/aromatic N) is 3. The molecule has 0 saturated heterocycles. The fraction of sp³-hybridized carbons (Fsp3) is 0.286. The minimum Gasteiger partial charge on any atom is -0.494 e. The van der Waals surface area contributed by atoms with Gasteiger partial charge in [0.05, 0.1) is 29.4 Å². The van der Waals surface area contributed by atoms with Gasteiger partial charge in [0.1, 0.15) is 17.1 Å². The van der Waals surface area contributed by atoms with Gasteiger partial charge < -0.3 is 20.1 Å². The molecule has 1 heterocycles. The number of likely N-dealkylation sites (N-methyl/N-ethyl adjacent to an activating group) is 1. The topological polar surface area (TPSA) is 117 Å². The minimum atomic E-state index is -4.35. The molecule has 3 aromatic carbocycles. The molecular weight excluding hydrogens is 576 g/mol. The highest BCUT2D eigenvalue weighted by molar-refractivity contribution is 7.92. The normalized spacial score (nSPS) is 14.9. The van der Waals surface area contributed by atoms with Gasteiger partial charge in [0, 0.05) is 29.7 Å². The van der Waals surface area contributed by atoms with Gasteiger partial charge >= 0.3 is 0 Å². The van der Waals surface area contributed by atoms with Gasteiger partial charge in [-0.15, -0.1) is 0 Å². The number of methoxy groups -OCH3 is 1. The van der Waals surface area contributed by atoms with E-state index in [1.165, 1.54) is 37.6 Å². The maximum atomic E-state index is 15.9. The van der Waals surface area contributed by atoms with Crippen LogP contribution in [0.3, 0.4) is 0 Å². The Kier molecular flexibility index (Phi) is 8.02. The first kappa shape index (κ1) is 28.9. The standard InChI is InChI=1S/C28H28ClF2N5O4S/c1-36(2)9-8-32-28-33-14-16-10-15(11-23(40-3)27(16)34-28)25-20(30)5-6-21(26(25)31)35-41(38,39)24-13-17(29)12-19-18(24)4-7-22(19)37/h5-6,10-14,22,35,37H,4,7-9H2,1-3H3,(H,32,33,34). The fourth-order valence-electron chi connectivity index (χ4n) is 4.86. The molecule has 1 aromatic heterocycles. The summed E-state index contributed by atoms with van der Waals surface area (Å²) >= 11 is 6.13. The number of aromatic nitrogens is 2. The van der Waals surface area contributed by atoms with Crippen molar-refractivity contribution < 1.29 is 27.0 Å². The third kappa shape index (κ3) is 5.78. The number of nitrogens with one attached hydrogen (secondary N) is 2. The van der Waals surface area contributed by atoms with E-state index in [9.17, 15) is 13.5 Å². The van der Waals surface area contributed by atoms with Crippen molar-refractivity contribution in [1.29, 1.82) is 0 Å². The summed E-state index contributed by atoms with van der Waals surface area (Å²) in [6.07, 6.45) is 1.33. The van der Waals surface area contributed by atoms with E-state index in [4.69, 9.17) is 16.3 Å². The van der Waals surface area contributed by atoms with Crippen molar-refractivity contribution in [3.8, 4) is 16.9 Å². The first-order valence-corrected chi connectivity index (χ1v) is 14.6. The van der Waals surface area contributed by atoms with Gasteiger partial charge in [0.2, 0.25) is 5.95 Å². The van der Waals surface area contributed by atoms with E-state index in [0.717, 1.165) is 18.7 Å². The van der Waals surface area contributed by atoms with E-state index >= 15 is 8.78 Å². The molecule has 0 spiro atoms. The van der Waals surface area contributed by atoms with Crippen LogP contribution in [0.15, 0.2) is 47.5 Å². The first-order valence-electron chi connectivity index (χ1n) is 12.7. The molecule has 41 heavy (non-hydrogen) atoms. The van der Waals surface area contributed by atoms with Crippen LogP contribution in [0, 0.1) is 11.6 Å². The second-order valence-corrected chi connectivity index (χ2v) is 12.0. The highest BCUT2D eigenvalue weighted by Gasteiger charge is 2.30. The Morgan fingerprint density at radius 2 is 1.98 bits per heavy atom. The summed E-state index contributed by atoms with van der Waals surface area (Å²) in [4.78, 5) is 10.6. The molecule has 1 aliphatic carbocycles. The fourth-order valence-corrected chi connectivity index (χ4v) is 6.53. The average Bonchev–Trinajstić information content (AvgIpc) is 3.29. The molecular formula is C28H28ClF2N5O4S. The molecule has 0 fully saturated rings. The van der Waals surface area contributed by atoms with Crippen LogP contribution in [0.2, 0.25) is 5.02 Å². The summed E-state index contributed by atoms with van der Waals surface area (Å²) in [5, 5.41) is 13.9. The predicted octanol–water partition coefficient (Wildman–Crippen LogP) is 4.99. The summed E-state index contributed by atoms with van der Waals surface area (Å²) in [5.41, 5.74) is 0.462. The van der Waals surface area contributed by atoms with Gasteiger partial charge in [0.15, 0.2) is 5.82 Å². The van der Waals surface area contributed by atoms with Gasteiger partial charge in [-0.2, -0.15) is 0 Å². The second-order valence-electron chi connectivity index (χ2n) is 9.96. The van der Waals surface area contributed by atoms with Crippen molar-refractivity contribution >= 4 is 44.2 Å². The molecule has 216 valence electrons. The van der Waals surface area contributed by atoms with Crippen molar-refractivity contribution in [1.82, 2.24) is 14.9 Å². The number of anilines is 2. The third-order valence-corrected chi connectivity index (χ3v) is 8.51. The number of halogens is 3. The van der Waals surface area contributed by atoms with Crippen molar-refractivity contribution in [2.45, 2.75) is 23.8 Å². The lowest BCUT2D eigenvalue weighted by atomic mass is 10.0. The lowest BCUT2D eigenvalue weighted by molar-refractivity contribution is 0.180. The molecule has 1 aliphatic rings. The van der Waals surface area contributed by atoms with E-state index in [0.29, 0.717) is 47.4 Å². The van der Waals surface area contributed by atoms with Gasteiger partial charge in [0.25, 0.3) is 10.0 Å². The van der Waals surface area contributed by atoms with E-state index in [-0.39, 0.29) is 21.2 Å². The Morgan fingerprint density at radius 1 is 1.20 bits per heavy atom. The van der Waals surface area contributed by atoms with E-state index < -0.39 is 39.0 Å². The summed E-state index contributed by atoms with van der Waals surface area (Å²) in [7, 11) is 0.956. The molecule has 9 nitrogen and oxygen atoms in total. The number of fused-ring (bicyclic) bond motifs is 2. The summed E-state index contributed by atoms with van der Waals surface area (Å²) < 4.78 is 65.4. The smallest absolute Gasteiger partial charge is 0.262 e. The van der Waals surface area contributed by atoms with Crippen LogP contribution in [0.1, 0.15) is 23.7 Å². The average molecular weight is 604 g/mol. The maximum Gasteiger partial charge on any atom is 0.262 e. The number of rotatable bonds is 9. The van der Waals surface area contributed by atoms with Gasteiger partial charge in [-0.25, -0.2) is 27.2 Å². The summed E-state index contributed by atoms with van der Waals surface area (Å²) in [6.45, 7) is 1.37. The van der Waals surface area contributed by atoms with Crippen molar-refractivity contribution in [2.75, 3.05) is 44.3 Å². The van der Waals surface area contributed by atoms with E-state index in [1.807, 2.05) is 19.0 Å². The molecule has 0 amide bonds. The number of sulfonamides is 1. The van der Waals surface area contributed by atoms with Crippen LogP contribution >= 0.6 is 11.6 Å². The lowest BCUT2D eigenvalue weighted by Gasteiger charge is -2.16. The maximum absolute atomic E-state index is 15.9. The zero-order chi connectivity index (χ0) is 29.5. The van der Waals surface area contributed by atoms with Crippen LogP contribution in [0.5, 0.6) is 5.75 Å². The Balaban J connectivity index is 1.52. The van der Waals surface area contributed by atoms with Crippen LogP contribution < -0.4 is 14.8 Å². The van der Waals surface area contributed by atoms with Gasteiger partial charge in [-0.3, -0.25) is 4.72 Å². The first-order chi connectivity index (χ1) is 19.5. The molecule has 5 rings (SSSR count). The Hall–Kier alpha value is -3.58. The van der Waals surface area contributed by atoms with Crippen molar-refractivity contribution in [2.24, 2.45) is 0 Å².